The van der Waals surface area contributed by atoms with Crippen LogP contribution in [0.4, 0.5) is 8.78 Å². The molecule has 0 bridgehead atoms. The maximum atomic E-state index is 13.5. The van der Waals surface area contributed by atoms with Gasteiger partial charge in [0, 0.05) is 6.54 Å². The number of aryl methyl sites for hydroxylation is 2. The SMILES string of the molecule is CC(CCn1nnc2ccccc2c1=O)C(O)CCc1ccc(-c2ccc(F)c(F)c2)cc1. The minimum atomic E-state index is -0.870. The Kier molecular flexibility index (Phi) is 6.89. The molecule has 1 heterocycles. The van der Waals surface area contributed by atoms with E-state index in [1.807, 2.05) is 37.3 Å². The molecule has 0 fully saturated rings. The summed E-state index contributed by atoms with van der Waals surface area (Å²) in [5, 5.41) is 19.2. The molecular formula is C26H25F2N3O2. The summed E-state index contributed by atoms with van der Waals surface area (Å²) in [5.41, 5.74) is 2.85. The van der Waals surface area contributed by atoms with E-state index in [9.17, 15) is 18.7 Å². The van der Waals surface area contributed by atoms with Crippen LogP contribution in [0.25, 0.3) is 22.0 Å². The summed E-state index contributed by atoms with van der Waals surface area (Å²) in [6.45, 7) is 2.34. The highest BCUT2D eigenvalue weighted by atomic mass is 19.2. The summed E-state index contributed by atoms with van der Waals surface area (Å²) < 4.78 is 27.9. The molecule has 170 valence electrons. The van der Waals surface area contributed by atoms with Gasteiger partial charge in [0.15, 0.2) is 11.6 Å². The molecule has 33 heavy (non-hydrogen) atoms. The number of halogens is 2. The van der Waals surface area contributed by atoms with E-state index in [4.69, 9.17) is 0 Å². The molecule has 4 rings (SSSR count). The maximum Gasteiger partial charge on any atom is 0.277 e. The molecule has 0 saturated heterocycles. The number of aliphatic hydroxyl groups excluding tert-OH is 1. The largest absolute Gasteiger partial charge is 0.393 e. The first-order chi connectivity index (χ1) is 15.9. The third-order valence-corrected chi connectivity index (χ3v) is 6.02. The molecule has 7 heteroatoms. The first kappa shape index (κ1) is 22.7. The molecule has 3 aromatic carbocycles. The zero-order chi connectivity index (χ0) is 23.4. The molecule has 0 aliphatic rings. The standard InChI is InChI=1S/C26H25F2N3O2/c1-17(14-15-31-26(33)21-4-2-3-5-24(21)29-30-31)25(32)13-8-18-6-9-19(10-7-18)20-11-12-22(27)23(28)16-20/h2-7,9-12,16-17,25,32H,8,13-15H2,1H3. The van der Waals surface area contributed by atoms with Crippen molar-refractivity contribution in [1.82, 2.24) is 15.0 Å². The van der Waals surface area contributed by atoms with Gasteiger partial charge in [0.2, 0.25) is 0 Å². The van der Waals surface area contributed by atoms with Crippen LogP contribution in [0.3, 0.4) is 0 Å². The minimum absolute atomic E-state index is 0.0216. The lowest BCUT2D eigenvalue weighted by Gasteiger charge is -2.19. The number of nitrogens with zero attached hydrogens (tertiary/aromatic N) is 3. The van der Waals surface area contributed by atoms with Gasteiger partial charge in [0.05, 0.1) is 11.5 Å². The van der Waals surface area contributed by atoms with E-state index in [-0.39, 0.29) is 11.5 Å². The number of rotatable bonds is 8. The lowest BCUT2D eigenvalue weighted by Crippen LogP contribution is -2.27. The molecular weight excluding hydrogens is 424 g/mol. The average Bonchev–Trinajstić information content (AvgIpc) is 2.84. The van der Waals surface area contributed by atoms with Crippen molar-refractivity contribution in [3.63, 3.8) is 0 Å². The molecule has 0 radical (unpaired) electrons. The smallest absolute Gasteiger partial charge is 0.277 e. The van der Waals surface area contributed by atoms with Crippen LogP contribution in [0.5, 0.6) is 0 Å². The zero-order valence-corrected chi connectivity index (χ0v) is 18.3. The molecule has 0 aliphatic heterocycles. The average molecular weight is 450 g/mol. The van der Waals surface area contributed by atoms with Crippen LogP contribution in [0.1, 0.15) is 25.3 Å². The Labute approximate surface area is 190 Å². The highest BCUT2D eigenvalue weighted by Crippen LogP contribution is 2.23. The van der Waals surface area contributed by atoms with E-state index in [1.54, 1.807) is 24.3 Å². The van der Waals surface area contributed by atoms with Crippen molar-refractivity contribution in [2.75, 3.05) is 0 Å². The van der Waals surface area contributed by atoms with Crippen molar-refractivity contribution in [2.24, 2.45) is 5.92 Å². The molecule has 2 atom stereocenters. The van der Waals surface area contributed by atoms with Crippen molar-refractivity contribution in [3.05, 3.63) is 94.3 Å². The molecule has 1 N–H and O–H groups in total. The van der Waals surface area contributed by atoms with Crippen molar-refractivity contribution < 1.29 is 13.9 Å². The Hall–Kier alpha value is -3.45. The van der Waals surface area contributed by atoms with E-state index >= 15 is 0 Å². The topological polar surface area (TPSA) is 68.0 Å². The van der Waals surface area contributed by atoms with Crippen LogP contribution >= 0.6 is 0 Å². The van der Waals surface area contributed by atoms with E-state index < -0.39 is 17.7 Å². The highest BCUT2D eigenvalue weighted by molar-refractivity contribution is 5.76. The Morgan fingerprint density at radius 3 is 2.42 bits per heavy atom. The Balaban J connectivity index is 1.31. The fourth-order valence-electron chi connectivity index (χ4n) is 3.83. The number of fused-ring (bicyclic) bond motifs is 1. The molecule has 0 amide bonds. The van der Waals surface area contributed by atoms with Gasteiger partial charge >= 0.3 is 0 Å². The van der Waals surface area contributed by atoms with Crippen LogP contribution < -0.4 is 5.56 Å². The second-order valence-corrected chi connectivity index (χ2v) is 8.33. The van der Waals surface area contributed by atoms with Crippen molar-refractivity contribution in [1.29, 1.82) is 0 Å². The van der Waals surface area contributed by atoms with E-state index in [0.29, 0.717) is 42.3 Å². The van der Waals surface area contributed by atoms with Crippen LogP contribution in [0.15, 0.2) is 71.5 Å². The normalized spacial score (nSPS) is 13.2. The van der Waals surface area contributed by atoms with E-state index in [2.05, 4.69) is 10.3 Å². The number of aromatic nitrogens is 3. The molecule has 5 nitrogen and oxygen atoms in total. The summed E-state index contributed by atoms with van der Waals surface area (Å²) in [6, 6.07) is 18.5. The quantitative estimate of drug-likeness (QED) is 0.421. The van der Waals surface area contributed by atoms with Gasteiger partial charge in [-0.15, -0.1) is 5.10 Å². The zero-order valence-electron chi connectivity index (χ0n) is 18.3. The first-order valence-electron chi connectivity index (χ1n) is 11.0. The summed E-state index contributed by atoms with van der Waals surface area (Å²) in [6.07, 6.45) is 1.33. The molecule has 4 aromatic rings. The van der Waals surface area contributed by atoms with Crippen LogP contribution in [-0.2, 0) is 13.0 Å². The van der Waals surface area contributed by atoms with Crippen LogP contribution in [0, 0.1) is 17.6 Å². The lowest BCUT2D eigenvalue weighted by molar-refractivity contribution is 0.0998. The summed E-state index contributed by atoms with van der Waals surface area (Å²) in [7, 11) is 0. The first-order valence-corrected chi connectivity index (χ1v) is 11.0. The van der Waals surface area contributed by atoms with E-state index in [0.717, 1.165) is 17.2 Å². The van der Waals surface area contributed by atoms with Crippen LogP contribution in [0.2, 0.25) is 0 Å². The fraction of sp³-hybridized carbons (Fsp3) is 0.269. The second kappa shape index (κ2) is 10.0. The predicted octanol–water partition coefficient (Wildman–Crippen LogP) is 4.76. The molecule has 2 unspecified atom stereocenters. The number of hydrogen-bond acceptors (Lipinski definition) is 4. The van der Waals surface area contributed by atoms with E-state index in [1.165, 1.54) is 10.7 Å². The Morgan fingerprint density at radius 2 is 1.67 bits per heavy atom. The second-order valence-electron chi connectivity index (χ2n) is 8.33. The number of aliphatic hydroxyl groups is 1. The van der Waals surface area contributed by atoms with Gasteiger partial charge in [-0.25, -0.2) is 13.5 Å². The Bertz CT molecular complexity index is 1310. The van der Waals surface area contributed by atoms with Crippen molar-refractivity contribution in [2.45, 2.75) is 38.8 Å². The molecule has 0 aliphatic carbocycles. The maximum absolute atomic E-state index is 13.5. The van der Waals surface area contributed by atoms with Gasteiger partial charge in [-0.2, -0.15) is 0 Å². The summed E-state index contributed by atoms with van der Waals surface area (Å²) in [5.74, 6) is -1.76. The van der Waals surface area contributed by atoms with Crippen LogP contribution in [-0.4, -0.2) is 26.2 Å². The van der Waals surface area contributed by atoms with Gasteiger partial charge < -0.3 is 5.11 Å². The van der Waals surface area contributed by atoms with Gasteiger partial charge in [-0.3, -0.25) is 4.79 Å². The van der Waals surface area contributed by atoms with Gasteiger partial charge in [0.1, 0.15) is 5.52 Å². The lowest BCUT2D eigenvalue weighted by atomic mass is 9.94. The van der Waals surface area contributed by atoms with Gasteiger partial charge in [-0.1, -0.05) is 54.6 Å². The minimum Gasteiger partial charge on any atom is -0.393 e. The molecule has 0 spiro atoms. The highest BCUT2D eigenvalue weighted by Gasteiger charge is 2.16. The van der Waals surface area contributed by atoms with Crippen molar-refractivity contribution >= 4 is 10.9 Å². The number of benzene rings is 3. The fourth-order valence-corrected chi connectivity index (χ4v) is 3.83. The molecule has 0 saturated carbocycles. The molecule has 1 aromatic heterocycles. The number of hydrogen-bond donors (Lipinski definition) is 1. The Morgan fingerprint density at radius 1 is 0.939 bits per heavy atom. The predicted molar refractivity (Wildman–Crippen MR) is 124 cm³/mol. The van der Waals surface area contributed by atoms with Gasteiger partial charge in [-0.05, 0) is 66.1 Å². The third kappa shape index (κ3) is 5.31. The van der Waals surface area contributed by atoms with Crippen molar-refractivity contribution in [3.8, 4) is 11.1 Å². The van der Waals surface area contributed by atoms with Gasteiger partial charge in [0.25, 0.3) is 5.56 Å². The summed E-state index contributed by atoms with van der Waals surface area (Å²) in [4.78, 5) is 12.5. The monoisotopic (exact) mass is 449 g/mol. The summed E-state index contributed by atoms with van der Waals surface area (Å²) >= 11 is 0. The third-order valence-electron chi connectivity index (χ3n) is 6.02.